The van der Waals surface area contributed by atoms with Crippen molar-refractivity contribution < 1.29 is 5.11 Å². The predicted molar refractivity (Wildman–Crippen MR) is 101 cm³/mol. The van der Waals surface area contributed by atoms with Crippen molar-refractivity contribution in [3.63, 3.8) is 0 Å². The van der Waals surface area contributed by atoms with Crippen molar-refractivity contribution in [2.45, 2.75) is 38.8 Å². The number of anilines is 1. The summed E-state index contributed by atoms with van der Waals surface area (Å²) in [4.78, 5) is 5.02. The van der Waals surface area contributed by atoms with E-state index in [1.807, 2.05) is 12.1 Å². The first-order chi connectivity index (χ1) is 11.6. The fraction of sp³-hybridized carbons (Fsp3) is 0.429. The molecular weight excluding hydrogens is 296 g/mol. The van der Waals surface area contributed by atoms with Gasteiger partial charge in [-0.25, -0.2) is 0 Å². The summed E-state index contributed by atoms with van der Waals surface area (Å²) in [5, 5.41) is 9.74. The molecule has 1 saturated heterocycles. The highest BCUT2D eigenvalue weighted by molar-refractivity contribution is 5.51. The first-order valence-electron chi connectivity index (χ1n) is 8.97. The number of aryl methyl sites for hydroxylation is 1. The lowest BCUT2D eigenvalue weighted by Gasteiger charge is -2.45. The van der Waals surface area contributed by atoms with Crippen molar-refractivity contribution in [3.8, 4) is 5.75 Å². The van der Waals surface area contributed by atoms with E-state index in [0.29, 0.717) is 17.8 Å². The van der Waals surface area contributed by atoms with Gasteiger partial charge in [-0.05, 0) is 50.9 Å². The monoisotopic (exact) mass is 324 g/mol. The Labute approximate surface area is 145 Å². The summed E-state index contributed by atoms with van der Waals surface area (Å²) >= 11 is 0. The molecule has 1 aliphatic heterocycles. The van der Waals surface area contributed by atoms with Gasteiger partial charge < -0.3 is 10.0 Å². The minimum atomic E-state index is 0.345. The highest BCUT2D eigenvalue weighted by atomic mass is 16.3. The van der Waals surface area contributed by atoms with Crippen molar-refractivity contribution in [1.29, 1.82) is 0 Å². The molecular formula is C21H28N2O. The van der Waals surface area contributed by atoms with Crippen LogP contribution in [-0.2, 0) is 6.42 Å². The third kappa shape index (κ3) is 4.09. The first kappa shape index (κ1) is 16.8. The van der Waals surface area contributed by atoms with Crippen molar-refractivity contribution in [2.24, 2.45) is 0 Å². The van der Waals surface area contributed by atoms with Crippen LogP contribution in [0.2, 0.25) is 0 Å². The molecule has 3 heteroatoms. The molecule has 0 aromatic heterocycles. The van der Waals surface area contributed by atoms with Crippen LogP contribution in [-0.4, -0.2) is 41.7 Å². The van der Waals surface area contributed by atoms with Crippen molar-refractivity contribution in [1.82, 2.24) is 4.90 Å². The van der Waals surface area contributed by atoms with Crippen LogP contribution in [0.4, 0.5) is 5.69 Å². The average molecular weight is 324 g/mol. The van der Waals surface area contributed by atoms with Gasteiger partial charge in [0.1, 0.15) is 5.75 Å². The molecule has 1 fully saturated rings. The highest BCUT2D eigenvalue weighted by Crippen LogP contribution is 2.26. The molecule has 1 aliphatic rings. The summed E-state index contributed by atoms with van der Waals surface area (Å²) in [5.41, 5.74) is 2.55. The maximum atomic E-state index is 9.74. The van der Waals surface area contributed by atoms with E-state index in [-0.39, 0.29) is 0 Å². The lowest BCUT2D eigenvalue weighted by atomic mass is 10.0. The topological polar surface area (TPSA) is 26.7 Å². The van der Waals surface area contributed by atoms with E-state index < -0.39 is 0 Å². The summed E-state index contributed by atoms with van der Waals surface area (Å²) in [6, 6.07) is 19.3. The normalized spacial score (nSPS) is 21.8. The van der Waals surface area contributed by atoms with Crippen LogP contribution in [0.3, 0.4) is 0 Å². The van der Waals surface area contributed by atoms with Crippen LogP contribution in [0.5, 0.6) is 5.75 Å². The molecule has 3 nitrogen and oxygen atoms in total. The number of aromatic hydroxyl groups is 1. The summed E-state index contributed by atoms with van der Waals surface area (Å²) < 4.78 is 0. The molecule has 128 valence electrons. The molecule has 0 radical (unpaired) electrons. The quantitative estimate of drug-likeness (QED) is 0.903. The molecule has 0 bridgehead atoms. The molecule has 0 saturated carbocycles. The van der Waals surface area contributed by atoms with Crippen LogP contribution in [0.15, 0.2) is 54.6 Å². The van der Waals surface area contributed by atoms with E-state index in [1.54, 1.807) is 6.07 Å². The van der Waals surface area contributed by atoms with Gasteiger partial charge in [-0.15, -0.1) is 0 Å². The number of nitrogens with zero attached hydrogens (tertiary/aromatic N) is 2. The second-order valence-electron chi connectivity index (χ2n) is 6.95. The Morgan fingerprint density at radius 1 is 0.958 bits per heavy atom. The van der Waals surface area contributed by atoms with E-state index in [2.05, 4.69) is 60.0 Å². The molecule has 0 aliphatic carbocycles. The molecule has 2 aromatic carbocycles. The van der Waals surface area contributed by atoms with Gasteiger partial charge in [0.15, 0.2) is 0 Å². The van der Waals surface area contributed by atoms with Crippen LogP contribution in [0.1, 0.15) is 25.8 Å². The van der Waals surface area contributed by atoms with Crippen molar-refractivity contribution in [2.75, 3.05) is 24.5 Å². The van der Waals surface area contributed by atoms with Gasteiger partial charge in [-0.1, -0.05) is 36.4 Å². The zero-order valence-electron chi connectivity index (χ0n) is 14.7. The van der Waals surface area contributed by atoms with E-state index in [4.69, 9.17) is 0 Å². The van der Waals surface area contributed by atoms with Gasteiger partial charge in [-0.3, -0.25) is 4.90 Å². The lowest BCUT2D eigenvalue weighted by Crippen LogP contribution is -2.56. The second-order valence-corrected chi connectivity index (χ2v) is 6.95. The van der Waals surface area contributed by atoms with E-state index in [0.717, 1.165) is 31.7 Å². The number of phenols is 1. The van der Waals surface area contributed by atoms with Gasteiger partial charge in [0.05, 0.1) is 0 Å². The fourth-order valence-electron chi connectivity index (χ4n) is 3.67. The van der Waals surface area contributed by atoms with Crippen LogP contribution >= 0.6 is 0 Å². The maximum Gasteiger partial charge on any atom is 0.117 e. The Morgan fingerprint density at radius 3 is 2.50 bits per heavy atom. The average Bonchev–Trinajstić information content (AvgIpc) is 2.58. The standard InChI is InChI=1S/C21H28N2O/c1-17-16-23(20-11-6-12-21(24)14-20)18(2)15-22(17)13-7-10-19-8-4-3-5-9-19/h3-6,8-9,11-12,14,17-18,24H,7,10,13,15-16H2,1-2H3/t17-,18-/m0/s1. The van der Waals surface area contributed by atoms with Gasteiger partial charge in [-0.2, -0.15) is 0 Å². The Morgan fingerprint density at radius 2 is 1.75 bits per heavy atom. The molecule has 3 rings (SSSR count). The van der Waals surface area contributed by atoms with E-state index >= 15 is 0 Å². The second kappa shape index (κ2) is 7.71. The molecule has 0 spiro atoms. The third-order valence-corrected chi connectivity index (χ3v) is 5.03. The van der Waals surface area contributed by atoms with Crippen LogP contribution < -0.4 is 4.90 Å². The molecule has 0 unspecified atom stereocenters. The minimum absolute atomic E-state index is 0.345. The van der Waals surface area contributed by atoms with Crippen molar-refractivity contribution >= 4 is 5.69 Å². The lowest BCUT2D eigenvalue weighted by molar-refractivity contribution is 0.164. The van der Waals surface area contributed by atoms with Gasteiger partial charge in [0.25, 0.3) is 0 Å². The Hall–Kier alpha value is -2.00. The third-order valence-electron chi connectivity index (χ3n) is 5.03. The SMILES string of the molecule is C[C@H]1CN(c2cccc(O)c2)[C@@H](C)CN1CCCc1ccccc1. The maximum absolute atomic E-state index is 9.74. The smallest absolute Gasteiger partial charge is 0.117 e. The molecule has 24 heavy (non-hydrogen) atoms. The summed E-state index contributed by atoms with van der Waals surface area (Å²) in [6.45, 7) is 7.82. The van der Waals surface area contributed by atoms with E-state index in [9.17, 15) is 5.11 Å². The summed E-state index contributed by atoms with van der Waals surface area (Å²) in [6.07, 6.45) is 2.35. The van der Waals surface area contributed by atoms with Crippen molar-refractivity contribution in [3.05, 3.63) is 60.2 Å². The number of piperazine rings is 1. The largest absolute Gasteiger partial charge is 0.508 e. The first-order valence-corrected chi connectivity index (χ1v) is 8.97. The summed E-state index contributed by atoms with van der Waals surface area (Å²) in [5.74, 6) is 0.345. The highest BCUT2D eigenvalue weighted by Gasteiger charge is 2.28. The Bertz CT molecular complexity index is 643. The number of hydrogen-bond acceptors (Lipinski definition) is 3. The number of phenolic OH excluding ortho intramolecular Hbond substituents is 1. The number of rotatable bonds is 5. The van der Waals surface area contributed by atoms with Crippen LogP contribution in [0.25, 0.3) is 0 Å². The fourth-order valence-corrected chi connectivity index (χ4v) is 3.67. The Kier molecular flexibility index (Phi) is 5.41. The molecule has 1 heterocycles. The number of hydrogen-bond donors (Lipinski definition) is 1. The van der Waals surface area contributed by atoms with Gasteiger partial charge in [0.2, 0.25) is 0 Å². The molecule has 2 atom stereocenters. The molecule has 2 aromatic rings. The van der Waals surface area contributed by atoms with E-state index in [1.165, 1.54) is 12.0 Å². The molecule has 0 amide bonds. The van der Waals surface area contributed by atoms with Gasteiger partial charge in [0, 0.05) is 36.9 Å². The Balaban J connectivity index is 1.55. The zero-order chi connectivity index (χ0) is 16.9. The molecule has 1 N–H and O–H groups in total. The predicted octanol–water partition coefficient (Wildman–Crippen LogP) is 3.92. The number of benzene rings is 2. The van der Waals surface area contributed by atoms with Gasteiger partial charge >= 0.3 is 0 Å². The zero-order valence-corrected chi connectivity index (χ0v) is 14.7. The summed E-state index contributed by atoms with van der Waals surface area (Å²) in [7, 11) is 0. The van der Waals surface area contributed by atoms with Crippen LogP contribution in [0, 0.1) is 0 Å². The minimum Gasteiger partial charge on any atom is -0.508 e.